The quantitative estimate of drug-likeness (QED) is 0.406. The fourth-order valence-corrected chi connectivity index (χ4v) is 0.305. The van der Waals surface area contributed by atoms with Gasteiger partial charge in [0.1, 0.15) is 0 Å². The molecule has 0 aromatic carbocycles. The fourth-order valence-electron chi connectivity index (χ4n) is 0.0739. The van der Waals surface area contributed by atoms with Gasteiger partial charge in [0.15, 0.2) is 0 Å². The zero-order valence-electron chi connectivity index (χ0n) is 3.42. The maximum absolute atomic E-state index is 7.82. The summed E-state index contributed by atoms with van der Waals surface area (Å²) in [6, 6.07) is 0. The molecule has 0 N–H and O–H groups in total. The summed E-state index contributed by atoms with van der Waals surface area (Å²) in [4.78, 5) is 1.85. The topological polar surface area (TPSA) is 33.0 Å². The van der Waals surface area contributed by atoms with E-state index >= 15 is 0 Å². The van der Waals surface area contributed by atoms with Gasteiger partial charge in [0, 0.05) is 0 Å². The molecule has 0 bridgehead atoms. The molecule has 38 valence electrons. The Labute approximate surface area is 72.0 Å². The van der Waals surface area contributed by atoms with Crippen molar-refractivity contribution in [2.75, 3.05) is 6.61 Å². The third-order valence-corrected chi connectivity index (χ3v) is 0.764. The van der Waals surface area contributed by atoms with Crippen molar-refractivity contribution in [3.05, 3.63) is 0 Å². The molecule has 0 spiro atoms. The average molecular weight is 151 g/mol. The summed E-state index contributed by atoms with van der Waals surface area (Å²) in [6.45, 7) is 2.49. The minimum atomic E-state index is 0. The summed E-state index contributed by atoms with van der Waals surface area (Å²) in [7, 11) is 0. The van der Waals surface area contributed by atoms with E-state index in [-0.39, 0.29) is 44.8 Å². The second-order valence-corrected chi connectivity index (χ2v) is 1.33. The Kier molecular flexibility index (Phi) is 15.6. The molecule has 0 aliphatic heterocycles. The molecule has 0 amide bonds. The van der Waals surface area contributed by atoms with Gasteiger partial charge >= 0.3 is 72.4 Å². The van der Waals surface area contributed by atoms with E-state index in [0.717, 1.165) is 0 Å². The molecule has 0 rings (SSSR count). The van der Waals surface area contributed by atoms with Crippen LogP contribution in [0.15, 0.2) is 0 Å². The van der Waals surface area contributed by atoms with Crippen LogP contribution in [0.4, 0.5) is 0 Å². The van der Waals surface area contributed by atoms with Crippen molar-refractivity contribution in [3.8, 4) is 4.97 Å². The zero-order chi connectivity index (χ0) is 4.83. The monoisotopic (exact) mass is 151 g/mol. The summed E-state index contributed by atoms with van der Waals surface area (Å²) in [5, 5.41) is 7.82. The molecule has 0 radical (unpaired) electrons. The summed E-state index contributed by atoms with van der Waals surface area (Å²) in [5.41, 5.74) is 0. The third-order valence-electron chi connectivity index (χ3n) is 0.185. The molecule has 0 unspecified atom stereocenters. The Morgan fingerprint density at radius 3 is 2.57 bits per heavy atom. The zero-order valence-corrected chi connectivity index (χ0v) is 4.52. The van der Waals surface area contributed by atoms with Gasteiger partial charge in [0.25, 0.3) is 0 Å². The Morgan fingerprint density at radius 2 is 2.43 bits per heavy atom. The number of hydrogen-bond acceptors (Lipinski definition) is 2. The number of rotatable bonds is 2. The SMILES string of the molecule is CC[O][Fe][C]#N.[NaH]. The molecular formula is C3H6FeNNaO. The summed E-state index contributed by atoms with van der Waals surface area (Å²) < 4.78 is 4.62. The molecule has 0 aromatic heterocycles. The minimum absolute atomic E-state index is 0. The van der Waals surface area contributed by atoms with Crippen molar-refractivity contribution in [1.82, 2.24) is 0 Å². The van der Waals surface area contributed by atoms with Gasteiger partial charge < -0.3 is 0 Å². The van der Waals surface area contributed by atoms with Gasteiger partial charge in [-0.15, -0.1) is 0 Å². The molecule has 0 saturated heterocycles. The fraction of sp³-hybridized carbons (Fsp3) is 0.667. The number of nitriles is 1. The van der Waals surface area contributed by atoms with Gasteiger partial charge in [-0.1, -0.05) is 0 Å². The van der Waals surface area contributed by atoms with Gasteiger partial charge in [0.05, 0.1) is 0 Å². The van der Waals surface area contributed by atoms with Crippen molar-refractivity contribution in [2.24, 2.45) is 0 Å². The standard InChI is InChI=1S/C2H5O.CN.Fe.Na.H/c1-2-3;1-2;;;/h2H2,1H3;;;;/q-1;;+1;;. The van der Waals surface area contributed by atoms with Crippen LogP contribution in [0.5, 0.6) is 0 Å². The first-order valence-corrected chi connectivity index (χ1v) is 2.54. The van der Waals surface area contributed by atoms with E-state index in [1.807, 2.05) is 11.9 Å². The van der Waals surface area contributed by atoms with E-state index in [1.165, 1.54) is 0 Å². The molecule has 0 heterocycles. The maximum atomic E-state index is 7.82. The van der Waals surface area contributed by atoms with Gasteiger partial charge in [-0.05, 0) is 0 Å². The Hall–Kier alpha value is 0.969. The third kappa shape index (κ3) is 10.9. The molecule has 0 aromatic rings. The predicted octanol–water partition coefficient (Wildman–Crippen LogP) is -0.147. The summed E-state index contributed by atoms with van der Waals surface area (Å²) >= 11 is 0.219. The van der Waals surface area contributed by atoms with Crippen molar-refractivity contribution >= 4 is 29.6 Å². The van der Waals surface area contributed by atoms with Crippen LogP contribution in [0.3, 0.4) is 0 Å². The molecule has 7 heavy (non-hydrogen) atoms. The van der Waals surface area contributed by atoms with Crippen LogP contribution in [-0.4, -0.2) is 36.2 Å². The first-order valence-electron chi connectivity index (χ1n) is 1.54. The van der Waals surface area contributed by atoms with Crippen LogP contribution in [0, 0.1) is 10.2 Å². The second kappa shape index (κ2) is 10.1. The van der Waals surface area contributed by atoms with Gasteiger partial charge in [-0.2, -0.15) is 0 Å². The van der Waals surface area contributed by atoms with E-state index < -0.39 is 0 Å². The van der Waals surface area contributed by atoms with Crippen molar-refractivity contribution < 1.29 is 19.1 Å². The van der Waals surface area contributed by atoms with Crippen LogP contribution in [-0.2, 0) is 19.1 Å². The van der Waals surface area contributed by atoms with E-state index in [2.05, 4.69) is 3.82 Å². The Balaban J connectivity index is 0. The van der Waals surface area contributed by atoms with E-state index in [0.29, 0.717) is 6.61 Å². The van der Waals surface area contributed by atoms with Crippen LogP contribution >= 0.6 is 0 Å². The van der Waals surface area contributed by atoms with Crippen molar-refractivity contribution in [3.63, 3.8) is 0 Å². The molecule has 0 aliphatic rings. The molecule has 0 atom stereocenters. The molecular weight excluding hydrogens is 145 g/mol. The normalized spacial score (nSPS) is 6.86. The molecule has 0 fully saturated rings. The van der Waals surface area contributed by atoms with E-state index in [1.54, 1.807) is 0 Å². The Bertz CT molecular complexity index is 62.4. The van der Waals surface area contributed by atoms with Crippen molar-refractivity contribution in [1.29, 1.82) is 5.26 Å². The Morgan fingerprint density at radius 1 is 1.86 bits per heavy atom. The molecule has 0 aliphatic carbocycles. The summed E-state index contributed by atoms with van der Waals surface area (Å²) in [6.07, 6.45) is 0. The molecule has 4 heteroatoms. The van der Waals surface area contributed by atoms with Crippen LogP contribution in [0.2, 0.25) is 0 Å². The number of hydrogen-bond donors (Lipinski definition) is 0. The summed E-state index contributed by atoms with van der Waals surface area (Å²) in [5.74, 6) is 0. The van der Waals surface area contributed by atoms with Crippen LogP contribution < -0.4 is 0 Å². The number of nitrogens with zero attached hydrogens (tertiary/aromatic N) is 1. The first-order chi connectivity index (χ1) is 2.91. The van der Waals surface area contributed by atoms with Gasteiger partial charge in [0.2, 0.25) is 0 Å². The van der Waals surface area contributed by atoms with Gasteiger partial charge in [-0.3, -0.25) is 0 Å². The van der Waals surface area contributed by atoms with Gasteiger partial charge in [-0.25, -0.2) is 0 Å². The second-order valence-electron chi connectivity index (χ2n) is 0.542. The first kappa shape index (κ1) is 10.9. The van der Waals surface area contributed by atoms with Crippen LogP contribution in [0.25, 0.3) is 0 Å². The molecule has 0 saturated carbocycles. The van der Waals surface area contributed by atoms with E-state index in [9.17, 15) is 0 Å². The average Bonchev–Trinajstić information content (AvgIpc) is 1.61. The van der Waals surface area contributed by atoms with Crippen LogP contribution in [0.1, 0.15) is 6.92 Å². The predicted molar refractivity (Wildman–Crippen MR) is 24.4 cm³/mol. The van der Waals surface area contributed by atoms with Crippen molar-refractivity contribution in [2.45, 2.75) is 6.92 Å². The molecule has 2 nitrogen and oxygen atoms in total. The van der Waals surface area contributed by atoms with E-state index in [4.69, 9.17) is 5.26 Å².